The molecule has 0 aromatic heterocycles. The summed E-state index contributed by atoms with van der Waals surface area (Å²) in [5.41, 5.74) is 1.40. The van der Waals surface area contributed by atoms with Crippen molar-refractivity contribution < 1.29 is 4.48 Å². The molecular formula is C14H25ClN+. The Balaban J connectivity index is 0.000000385. The van der Waals surface area contributed by atoms with Crippen LogP contribution in [0.15, 0.2) is 30.3 Å². The van der Waals surface area contributed by atoms with Crippen molar-refractivity contribution in [3.05, 3.63) is 35.9 Å². The number of alkyl halides is 1. The molecule has 0 radical (unpaired) electrons. The average Bonchev–Trinajstić information content (AvgIpc) is 2.19. The van der Waals surface area contributed by atoms with Gasteiger partial charge in [-0.2, -0.15) is 0 Å². The van der Waals surface area contributed by atoms with Crippen LogP contribution in [0, 0.1) is 0 Å². The lowest BCUT2D eigenvalue weighted by Gasteiger charge is -2.23. The summed E-state index contributed by atoms with van der Waals surface area (Å²) in [4.78, 5) is 0. The highest BCUT2D eigenvalue weighted by Crippen LogP contribution is 2.05. The molecule has 0 saturated carbocycles. The molecule has 1 aromatic rings. The Morgan fingerprint density at radius 1 is 1.06 bits per heavy atom. The van der Waals surface area contributed by atoms with E-state index in [1.165, 1.54) is 12.0 Å². The van der Waals surface area contributed by atoms with Gasteiger partial charge in [0, 0.05) is 11.4 Å². The van der Waals surface area contributed by atoms with Gasteiger partial charge in [0.1, 0.15) is 6.54 Å². The Labute approximate surface area is 106 Å². The number of nitrogens with zero attached hydrogens (tertiary/aromatic N) is 1. The van der Waals surface area contributed by atoms with E-state index in [-0.39, 0.29) is 0 Å². The van der Waals surface area contributed by atoms with Gasteiger partial charge in [-0.15, -0.1) is 11.6 Å². The Hall–Kier alpha value is -0.530. The first kappa shape index (κ1) is 15.5. The maximum atomic E-state index is 5.30. The van der Waals surface area contributed by atoms with Crippen LogP contribution in [0.25, 0.3) is 0 Å². The van der Waals surface area contributed by atoms with E-state index >= 15 is 0 Å². The molecule has 0 amide bonds. The van der Waals surface area contributed by atoms with Crippen molar-refractivity contribution in [1.29, 1.82) is 0 Å². The molecule has 1 rings (SSSR count). The van der Waals surface area contributed by atoms with Crippen molar-refractivity contribution in [1.82, 2.24) is 0 Å². The number of hydrogen-bond acceptors (Lipinski definition) is 0. The van der Waals surface area contributed by atoms with Crippen molar-refractivity contribution in [2.75, 3.05) is 27.0 Å². The molecule has 0 bridgehead atoms. The molecule has 0 atom stereocenters. The van der Waals surface area contributed by atoms with Crippen molar-refractivity contribution >= 4 is 11.6 Å². The van der Waals surface area contributed by atoms with E-state index in [0.29, 0.717) is 0 Å². The quantitative estimate of drug-likeness (QED) is 0.555. The van der Waals surface area contributed by atoms with Gasteiger partial charge in [0.15, 0.2) is 0 Å². The van der Waals surface area contributed by atoms with Crippen molar-refractivity contribution in [3.63, 3.8) is 0 Å². The Bertz CT molecular complexity index is 249. The Kier molecular flexibility index (Phi) is 8.32. The molecule has 0 aliphatic carbocycles. The van der Waals surface area contributed by atoms with Crippen LogP contribution >= 0.6 is 11.6 Å². The molecule has 0 saturated heterocycles. The normalized spacial score (nSPS) is 10.6. The van der Waals surface area contributed by atoms with E-state index in [0.717, 1.165) is 23.3 Å². The van der Waals surface area contributed by atoms with E-state index in [4.69, 9.17) is 11.6 Å². The van der Waals surface area contributed by atoms with E-state index in [1.54, 1.807) is 0 Å². The van der Waals surface area contributed by atoms with Gasteiger partial charge >= 0.3 is 0 Å². The molecule has 0 aliphatic rings. The third-order valence-corrected chi connectivity index (χ3v) is 2.25. The van der Waals surface area contributed by atoms with Crippen molar-refractivity contribution in [3.8, 4) is 0 Å². The predicted molar refractivity (Wildman–Crippen MR) is 73.8 cm³/mol. The zero-order valence-electron chi connectivity index (χ0n) is 11.0. The largest absolute Gasteiger partial charge is 0.327 e. The van der Waals surface area contributed by atoms with Gasteiger partial charge in [0.2, 0.25) is 0 Å². The van der Waals surface area contributed by atoms with Gasteiger partial charge in [-0.3, -0.25) is 0 Å². The molecule has 92 valence electrons. The van der Waals surface area contributed by atoms with Gasteiger partial charge in [-0.25, -0.2) is 0 Å². The highest BCUT2D eigenvalue weighted by Gasteiger charge is 2.06. The second-order valence-corrected chi connectivity index (χ2v) is 5.35. The van der Waals surface area contributed by atoms with E-state index in [9.17, 15) is 0 Å². The van der Waals surface area contributed by atoms with Crippen molar-refractivity contribution in [2.24, 2.45) is 0 Å². The van der Waals surface area contributed by atoms with Crippen LogP contribution in [0.4, 0.5) is 0 Å². The fraction of sp³-hybridized carbons (Fsp3) is 0.571. The first-order chi connectivity index (χ1) is 7.49. The minimum atomic E-state index is 0.816. The molecule has 2 heteroatoms. The lowest BCUT2D eigenvalue weighted by Crippen LogP contribution is -2.33. The highest BCUT2D eigenvalue weighted by molar-refractivity contribution is 6.17. The van der Waals surface area contributed by atoms with Gasteiger partial charge in [-0.1, -0.05) is 43.7 Å². The molecule has 1 aromatic carbocycles. The first-order valence-corrected chi connectivity index (χ1v) is 6.43. The maximum absolute atomic E-state index is 5.30. The van der Waals surface area contributed by atoms with Gasteiger partial charge in [0.05, 0.1) is 21.1 Å². The van der Waals surface area contributed by atoms with Crippen LogP contribution in [0.5, 0.6) is 0 Å². The lowest BCUT2D eigenvalue weighted by molar-refractivity contribution is -0.884. The van der Waals surface area contributed by atoms with Gasteiger partial charge in [-0.05, 0) is 6.42 Å². The number of unbranched alkanes of at least 4 members (excludes halogenated alkanes) is 1. The third-order valence-electron chi connectivity index (χ3n) is 1.99. The molecule has 0 fully saturated rings. The van der Waals surface area contributed by atoms with Gasteiger partial charge < -0.3 is 4.48 Å². The standard InChI is InChI=1S/C10H16N.C4H9Cl/c1-11(2,3)9-10-7-5-4-6-8-10;1-2-3-4-5/h4-8H,9H2,1-3H3;2-4H2,1H3/q+1;. The second-order valence-electron chi connectivity index (χ2n) is 4.98. The summed E-state index contributed by atoms with van der Waals surface area (Å²) >= 11 is 5.30. The fourth-order valence-corrected chi connectivity index (χ4v) is 1.53. The van der Waals surface area contributed by atoms with Crippen LogP contribution in [0.3, 0.4) is 0 Å². The zero-order valence-corrected chi connectivity index (χ0v) is 11.8. The summed E-state index contributed by atoms with van der Waals surface area (Å²) in [7, 11) is 6.60. The van der Waals surface area contributed by atoms with E-state index in [2.05, 4.69) is 58.4 Å². The maximum Gasteiger partial charge on any atom is 0.104 e. The summed E-state index contributed by atoms with van der Waals surface area (Å²) in [6, 6.07) is 10.6. The van der Waals surface area contributed by atoms with Crippen LogP contribution < -0.4 is 0 Å². The van der Waals surface area contributed by atoms with Gasteiger partial charge in [0.25, 0.3) is 0 Å². The minimum Gasteiger partial charge on any atom is -0.327 e. The fourth-order valence-electron chi connectivity index (χ4n) is 1.26. The monoisotopic (exact) mass is 242 g/mol. The van der Waals surface area contributed by atoms with Crippen LogP contribution in [0.2, 0.25) is 0 Å². The number of quaternary nitrogens is 1. The second kappa shape index (κ2) is 8.60. The van der Waals surface area contributed by atoms with Crippen molar-refractivity contribution in [2.45, 2.75) is 26.3 Å². The van der Waals surface area contributed by atoms with E-state index in [1.807, 2.05) is 0 Å². The summed E-state index contributed by atoms with van der Waals surface area (Å²) < 4.78 is 0.990. The summed E-state index contributed by atoms with van der Waals surface area (Å²) in [5.74, 6) is 0.816. The number of rotatable bonds is 4. The summed E-state index contributed by atoms with van der Waals surface area (Å²) in [5, 5.41) is 0. The zero-order chi connectivity index (χ0) is 12.4. The third kappa shape index (κ3) is 10.0. The smallest absolute Gasteiger partial charge is 0.104 e. The Morgan fingerprint density at radius 2 is 1.62 bits per heavy atom. The molecule has 0 aliphatic heterocycles. The molecule has 0 heterocycles. The Morgan fingerprint density at radius 3 is 1.94 bits per heavy atom. The summed E-state index contributed by atoms with van der Waals surface area (Å²) in [6.45, 7) is 3.23. The van der Waals surface area contributed by atoms with Crippen LogP contribution in [-0.2, 0) is 6.54 Å². The summed E-state index contributed by atoms with van der Waals surface area (Å²) in [6.07, 6.45) is 2.37. The molecule has 0 spiro atoms. The predicted octanol–water partition coefficient (Wildman–Crippen LogP) is 3.92. The number of hydrogen-bond donors (Lipinski definition) is 0. The average molecular weight is 243 g/mol. The minimum absolute atomic E-state index is 0.816. The molecule has 0 unspecified atom stereocenters. The molecule has 16 heavy (non-hydrogen) atoms. The lowest BCUT2D eigenvalue weighted by atomic mass is 10.2. The molecule has 0 N–H and O–H groups in total. The number of benzene rings is 1. The van der Waals surface area contributed by atoms with Crippen LogP contribution in [0.1, 0.15) is 25.3 Å². The SMILES string of the molecule is CCCCCl.C[N+](C)(C)Cc1ccccc1. The number of halogens is 1. The van der Waals surface area contributed by atoms with E-state index < -0.39 is 0 Å². The molecular weight excluding hydrogens is 218 g/mol. The highest BCUT2D eigenvalue weighted by atomic mass is 35.5. The first-order valence-electron chi connectivity index (χ1n) is 5.90. The van der Waals surface area contributed by atoms with Crippen LogP contribution in [-0.4, -0.2) is 31.5 Å². The molecule has 1 nitrogen and oxygen atoms in total. The topological polar surface area (TPSA) is 0 Å².